The molecule has 0 bridgehead atoms. The van der Waals surface area contributed by atoms with Crippen molar-refractivity contribution in [1.82, 2.24) is 5.32 Å². The van der Waals surface area contributed by atoms with Crippen LogP contribution in [0.4, 0.5) is 0 Å². The van der Waals surface area contributed by atoms with Crippen molar-refractivity contribution in [3.05, 3.63) is 23.8 Å². The predicted molar refractivity (Wildman–Crippen MR) is 70.1 cm³/mol. The number of aliphatic hydroxyl groups is 1. The third-order valence-corrected chi connectivity index (χ3v) is 2.47. The fourth-order valence-electron chi connectivity index (χ4n) is 1.46. The second-order valence-corrected chi connectivity index (χ2v) is 3.86. The number of carbonyl (C=O) groups is 2. The van der Waals surface area contributed by atoms with Gasteiger partial charge in [-0.25, -0.2) is 4.79 Å². The van der Waals surface area contributed by atoms with Crippen molar-refractivity contribution in [2.24, 2.45) is 0 Å². The van der Waals surface area contributed by atoms with Crippen molar-refractivity contribution >= 4 is 11.9 Å². The molecule has 0 unspecified atom stereocenters. The van der Waals surface area contributed by atoms with E-state index in [4.69, 9.17) is 19.7 Å². The van der Waals surface area contributed by atoms with Gasteiger partial charge in [0.15, 0.2) is 17.6 Å². The highest BCUT2D eigenvalue weighted by atomic mass is 16.5. The number of nitrogens with one attached hydrogen (secondary N) is 1. The average Bonchev–Trinajstić information content (AvgIpc) is 2.44. The number of carboxylic acid groups (broad SMARTS) is 1. The van der Waals surface area contributed by atoms with E-state index in [1.54, 1.807) is 13.0 Å². The highest BCUT2D eigenvalue weighted by Gasteiger charge is 2.16. The minimum absolute atomic E-state index is 0.284. The van der Waals surface area contributed by atoms with Crippen molar-refractivity contribution in [3.63, 3.8) is 0 Å². The number of ether oxygens (including phenoxy) is 2. The zero-order valence-corrected chi connectivity index (χ0v) is 11.3. The first-order chi connectivity index (χ1) is 9.49. The number of rotatable bonds is 7. The first-order valence-corrected chi connectivity index (χ1v) is 5.99. The van der Waals surface area contributed by atoms with Crippen molar-refractivity contribution in [3.8, 4) is 11.5 Å². The maximum absolute atomic E-state index is 11.8. The van der Waals surface area contributed by atoms with Crippen LogP contribution in [0, 0.1) is 0 Å². The van der Waals surface area contributed by atoms with Gasteiger partial charge in [-0.15, -0.1) is 0 Å². The zero-order chi connectivity index (χ0) is 15.1. The molecule has 1 rings (SSSR count). The Morgan fingerprint density at radius 1 is 1.35 bits per heavy atom. The Balaban J connectivity index is 2.78. The number of amides is 1. The third-order valence-electron chi connectivity index (χ3n) is 2.47. The Bertz CT molecular complexity index is 488. The molecule has 0 aliphatic heterocycles. The zero-order valence-electron chi connectivity index (χ0n) is 11.3. The van der Waals surface area contributed by atoms with E-state index in [0.29, 0.717) is 18.1 Å². The molecule has 0 aromatic heterocycles. The normalized spacial score (nSPS) is 11.6. The lowest BCUT2D eigenvalue weighted by molar-refractivity contribution is -0.146. The van der Waals surface area contributed by atoms with E-state index in [1.165, 1.54) is 19.2 Å². The molecule has 0 aliphatic rings. The summed E-state index contributed by atoms with van der Waals surface area (Å²) in [5, 5.41) is 19.9. The van der Waals surface area contributed by atoms with Gasteiger partial charge < -0.3 is 25.0 Å². The topological polar surface area (TPSA) is 105 Å². The molecule has 7 nitrogen and oxygen atoms in total. The smallest absolute Gasteiger partial charge is 0.334 e. The molecule has 0 heterocycles. The SMILES string of the molecule is CCOc1cc(C(=O)NC[C@H](O)C(=O)O)ccc1OC. The Hall–Kier alpha value is -2.28. The minimum Gasteiger partial charge on any atom is -0.493 e. The molecule has 0 fully saturated rings. The first-order valence-electron chi connectivity index (χ1n) is 5.99. The number of aliphatic carboxylic acids is 1. The van der Waals surface area contributed by atoms with E-state index in [0.717, 1.165) is 0 Å². The molecule has 0 saturated carbocycles. The molecule has 20 heavy (non-hydrogen) atoms. The first kappa shape index (κ1) is 15.8. The molecule has 1 aromatic rings. The third kappa shape index (κ3) is 4.13. The highest BCUT2D eigenvalue weighted by Crippen LogP contribution is 2.27. The van der Waals surface area contributed by atoms with Gasteiger partial charge in [-0.3, -0.25) is 4.79 Å². The van der Waals surface area contributed by atoms with E-state index in [9.17, 15) is 9.59 Å². The largest absolute Gasteiger partial charge is 0.493 e. The molecular formula is C13H17NO6. The lowest BCUT2D eigenvalue weighted by atomic mass is 10.2. The van der Waals surface area contributed by atoms with Gasteiger partial charge in [0.1, 0.15) is 0 Å². The van der Waals surface area contributed by atoms with Crippen LogP contribution in [0.5, 0.6) is 11.5 Å². The molecule has 0 spiro atoms. The standard InChI is InChI=1S/C13H17NO6/c1-3-20-11-6-8(4-5-10(11)19-2)12(16)14-7-9(15)13(17)18/h4-6,9,15H,3,7H2,1-2H3,(H,14,16)(H,17,18)/t9-/m0/s1. The van der Waals surface area contributed by atoms with Crippen LogP contribution in [-0.4, -0.2) is 48.5 Å². The summed E-state index contributed by atoms with van der Waals surface area (Å²) < 4.78 is 10.4. The second kappa shape index (κ2) is 7.34. The lowest BCUT2D eigenvalue weighted by Gasteiger charge is -2.12. The second-order valence-electron chi connectivity index (χ2n) is 3.86. The summed E-state index contributed by atoms with van der Waals surface area (Å²) in [4.78, 5) is 22.2. The van der Waals surface area contributed by atoms with Gasteiger partial charge in [-0.05, 0) is 25.1 Å². The predicted octanol–water partition coefficient (Wildman–Crippen LogP) is 0.269. The molecule has 0 saturated heterocycles. The molecule has 1 aromatic carbocycles. The van der Waals surface area contributed by atoms with E-state index in [-0.39, 0.29) is 12.1 Å². The summed E-state index contributed by atoms with van der Waals surface area (Å²) in [5.74, 6) is -0.987. The summed E-state index contributed by atoms with van der Waals surface area (Å²) in [7, 11) is 1.49. The van der Waals surface area contributed by atoms with Crippen LogP contribution in [0.25, 0.3) is 0 Å². The molecular weight excluding hydrogens is 266 g/mol. The van der Waals surface area contributed by atoms with Crippen molar-refractivity contribution in [2.75, 3.05) is 20.3 Å². The molecule has 1 atom stereocenters. The Morgan fingerprint density at radius 2 is 2.05 bits per heavy atom. The summed E-state index contributed by atoms with van der Waals surface area (Å²) in [5.41, 5.74) is 0.284. The van der Waals surface area contributed by atoms with Crippen molar-refractivity contribution in [2.45, 2.75) is 13.0 Å². The van der Waals surface area contributed by atoms with Crippen molar-refractivity contribution in [1.29, 1.82) is 0 Å². The summed E-state index contributed by atoms with van der Waals surface area (Å²) in [6, 6.07) is 4.59. The molecule has 1 amide bonds. The number of hydrogen-bond donors (Lipinski definition) is 3. The summed E-state index contributed by atoms with van der Waals surface area (Å²) in [6.45, 7) is 1.85. The highest BCUT2D eigenvalue weighted by molar-refractivity contribution is 5.95. The quantitative estimate of drug-likeness (QED) is 0.663. The minimum atomic E-state index is -1.64. The van der Waals surface area contributed by atoms with Gasteiger partial charge in [0.05, 0.1) is 20.3 Å². The van der Waals surface area contributed by atoms with Gasteiger partial charge in [0, 0.05) is 5.56 Å². The number of hydrogen-bond acceptors (Lipinski definition) is 5. The van der Waals surface area contributed by atoms with Crippen LogP contribution in [0.2, 0.25) is 0 Å². The van der Waals surface area contributed by atoms with E-state index in [1.807, 2.05) is 0 Å². The van der Waals surface area contributed by atoms with Crippen LogP contribution in [0.3, 0.4) is 0 Å². The summed E-state index contributed by atoms with van der Waals surface area (Å²) >= 11 is 0. The van der Waals surface area contributed by atoms with Crippen LogP contribution in [-0.2, 0) is 4.79 Å². The lowest BCUT2D eigenvalue weighted by Crippen LogP contribution is -2.36. The monoisotopic (exact) mass is 283 g/mol. The van der Waals surface area contributed by atoms with Crippen molar-refractivity contribution < 1.29 is 29.3 Å². The van der Waals surface area contributed by atoms with E-state index >= 15 is 0 Å². The fraction of sp³-hybridized carbons (Fsp3) is 0.385. The maximum Gasteiger partial charge on any atom is 0.334 e. The van der Waals surface area contributed by atoms with Gasteiger partial charge >= 0.3 is 5.97 Å². The molecule has 110 valence electrons. The van der Waals surface area contributed by atoms with Crippen LogP contribution in [0.15, 0.2) is 18.2 Å². The van der Waals surface area contributed by atoms with Gasteiger partial charge in [0.2, 0.25) is 0 Å². The Labute approximate surface area is 116 Å². The Kier molecular flexibility index (Phi) is 5.79. The summed E-state index contributed by atoms with van der Waals surface area (Å²) in [6.07, 6.45) is -1.64. The van der Waals surface area contributed by atoms with Crippen LogP contribution >= 0.6 is 0 Å². The number of aliphatic hydroxyl groups excluding tert-OH is 1. The van der Waals surface area contributed by atoms with Gasteiger partial charge in [0.25, 0.3) is 5.91 Å². The number of carboxylic acids is 1. The van der Waals surface area contributed by atoms with Crippen LogP contribution in [0.1, 0.15) is 17.3 Å². The molecule has 3 N–H and O–H groups in total. The fourth-order valence-corrected chi connectivity index (χ4v) is 1.46. The van der Waals surface area contributed by atoms with Gasteiger partial charge in [-0.2, -0.15) is 0 Å². The molecule has 7 heteroatoms. The molecule has 0 aliphatic carbocycles. The molecule has 0 radical (unpaired) electrons. The van der Waals surface area contributed by atoms with E-state index < -0.39 is 18.0 Å². The number of carbonyl (C=O) groups excluding carboxylic acids is 1. The number of methoxy groups -OCH3 is 1. The van der Waals surface area contributed by atoms with Crippen LogP contribution < -0.4 is 14.8 Å². The average molecular weight is 283 g/mol. The van der Waals surface area contributed by atoms with E-state index in [2.05, 4.69) is 5.32 Å². The maximum atomic E-state index is 11.8. The van der Waals surface area contributed by atoms with Gasteiger partial charge in [-0.1, -0.05) is 0 Å². The Morgan fingerprint density at radius 3 is 2.60 bits per heavy atom. The number of benzene rings is 1.